The lowest BCUT2D eigenvalue weighted by molar-refractivity contribution is -0.135. The van der Waals surface area contributed by atoms with Gasteiger partial charge in [0.2, 0.25) is 5.91 Å². The maximum atomic E-state index is 13.5. The fourth-order valence-electron chi connectivity index (χ4n) is 4.68. The minimum Gasteiger partial charge on any atom is -0.495 e. The molecule has 5 aromatic rings. The average molecular weight is 737 g/mol. The van der Waals surface area contributed by atoms with Crippen molar-refractivity contribution in [3.63, 3.8) is 0 Å². The Balaban J connectivity index is 1.40. The number of nitrogens with zero attached hydrogens (tertiary/aromatic N) is 4. The summed E-state index contributed by atoms with van der Waals surface area (Å²) in [5, 5.41) is 7.30. The van der Waals surface area contributed by atoms with E-state index in [1.54, 1.807) is 68.6 Å². The summed E-state index contributed by atoms with van der Waals surface area (Å²) >= 11 is 0.106. The number of carbonyl (C=O) groups excluding carboxylic acids is 3. The van der Waals surface area contributed by atoms with E-state index in [0.717, 1.165) is 22.3 Å². The zero-order valence-corrected chi connectivity index (χ0v) is 29.4. The van der Waals surface area contributed by atoms with E-state index in [1.165, 1.54) is 42.0 Å². The predicted octanol–water partition coefficient (Wildman–Crippen LogP) is 5.49. The molecule has 0 bridgehead atoms. The Labute approximate surface area is 297 Å². The van der Waals surface area contributed by atoms with Crippen molar-refractivity contribution in [1.82, 2.24) is 14.6 Å². The Morgan fingerprint density at radius 1 is 0.980 bits per heavy atom. The number of anilines is 3. The van der Waals surface area contributed by atoms with Crippen LogP contribution in [0.1, 0.15) is 19.4 Å². The van der Waals surface area contributed by atoms with Crippen LogP contribution < -0.4 is 20.7 Å². The minimum absolute atomic E-state index is 0.0110. The second-order valence-corrected chi connectivity index (χ2v) is 14.1. The van der Waals surface area contributed by atoms with Crippen LogP contribution >= 0.6 is 12.3 Å². The molecular weight excluding hydrogens is 704 g/mol. The lowest BCUT2D eigenvalue weighted by Gasteiger charge is -2.20. The fourth-order valence-corrected chi connectivity index (χ4v) is 5.66. The number of halogens is 1. The summed E-state index contributed by atoms with van der Waals surface area (Å²) in [6.07, 6.45) is 1.69. The molecule has 2 heterocycles. The van der Waals surface area contributed by atoms with E-state index in [-0.39, 0.29) is 58.7 Å². The average Bonchev–Trinajstić information content (AvgIpc) is 3.51. The molecule has 1 atom stereocenters. The Morgan fingerprint density at radius 2 is 1.67 bits per heavy atom. The number of carbonyl (C=O) groups is 3. The molecule has 2 amide bonds. The maximum Gasteiger partial charge on any atom is 0.436 e. The van der Waals surface area contributed by atoms with Crippen molar-refractivity contribution in [2.75, 3.05) is 23.6 Å². The van der Waals surface area contributed by atoms with Gasteiger partial charge in [-0.1, -0.05) is 38.1 Å². The Kier molecular flexibility index (Phi) is 11.2. The van der Waals surface area contributed by atoms with Crippen LogP contribution in [0.5, 0.6) is 5.75 Å². The molecule has 51 heavy (non-hydrogen) atoms. The molecule has 0 saturated heterocycles. The number of nitrogens with two attached hydrogens (primary N) is 1. The topological polar surface area (TPSA) is 185 Å². The largest absolute Gasteiger partial charge is 0.495 e. The van der Waals surface area contributed by atoms with Crippen molar-refractivity contribution >= 4 is 63.1 Å². The number of pyridine rings is 1. The number of amides is 2. The van der Waals surface area contributed by atoms with Gasteiger partial charge in [-0.25, -0.2) is 31.8 Å². The van der Waals surface area contributed by atoms with Crippen molar-refractivity contribution in [1.29, 1.82) is 0 Å². The molecule has 0 spiro atoms. The lowest BCUT2D eigenvalue weighted by Crippen LogP contribution is -2.36. The van der Waals surface area contributed by atoms with Crippen LogP contribution in [-0.4, -0.2) is 60.4 Å². The third kappa shape index (κ3) is 8.99. The van der Waals surface area contributed by atoms with Gasteiger partial charge in [-0.05, 0) is 65.6 Å². The number of aromatic nitrogens is 3. The molecule has 5 rings (SSSR count). The van der Waals surface area contributed by atoms with Crippen LogP contribution in [0.15, 0.2) is 90.0 Å². The lowest BCUT2D eigenvalue weighted by atomic mass is 10.1. The molecule has 0 aliphatic heterocycles. The first-order valence-electron chi connectivity index (χ1n) is 15.3. The number of methoxy groups -OCH3 is 1. The van der Waals surface area contributed by atoms with E-state index in [1.807, 2.05) is 0 Å². The number of fused-ring (bicyclic) bond motifs is 1. The van der Waals surface area contributed by atoms with Crippen LogP contribution in [0, 0.1) is 11.7 Å². The maximum absolute atomic E-state index is 13.5. The smallest absolute Gasteiger partial charge is 0.436 e. The molecular formula is C34H33FN6O8S2. The van der Waals surface area contributed by atoms with Crippen molar-refractivity contribution in [2.24, 2.45) is 11.7 Å². The van der Waals surface area contributed by atoms with Crippen molar-refractivity contribution in [2.45, 2.75) is 31.2 Å². The first kappa shape index (κ1) is 36.8. The molecule has 266 valence electrons. The Morgan fingerprint density at radius 3 is 2.31 bits per heavy atom. The summed E-state index contributed by atoms with van der Waals surface area (Å²) in [7, 11) is -2.34. The highest BCUT2D eigenvalue weighted by molar-refractivity contribution is 7.91. The minimum atomic E-state index is -3.63. The number of ether oxygens (including phenoxy) is 1. The molecule has 2 aromatic heterocycles. The van der Waals surface area contributed by atoms with Gasteiger partial charge in [0.25, 0.3) is 18.3 Å². The Bertz CT molecular complexity index is 2180. The van der Waals surface area contributed by atoms with Crippen LogP contribution in [0.25, 0.3) is 16.8 Å². The van der Waals surface area contributed by atoms with Crippen LogP contribution in [0.4, 0.5) is 26.5 Å². The van der Waals surface area contributed by atoms with Crippen molar-refractivity contribution in [3.05, 3.63) is 96.4 Å². The number of nitrogens with one attached hydrogen (secondary N) is 1. The van der Waals surface area contributed by atoms with Gasteiger partial charge in [0.05, 0.1) is 24.1 Å². The fraction of sp³-hybridized carbons (Fsp3) is 0.206. The van der Waals surface area contributed by atoms with E-state index in [9.17, 15) is 27.2 Å². The standard InChI is InChI=1S/C34H33FN6O8S2/c1-20(2)31(36)32(43)48-50-49-34(44)41(27-15-14-26(51(4,45)46)18-28(27)47-3)33-38-29-16-9-23(19-40(29)39-33)22-7-12-25(13-8-22)37-30(42)17-21-5-10-24(35)11-6-21/h5-16,18-20,31H,17,36H2,1-4H3,(H,37,42)/t31-/m0/s1. The molecule has 17 heteroatoms. The van der Waals surface area contributed by atoms with Gasteiger partial charge < -0.3 is 24.2 Å². The van der Waals surface area contributed by atoms with E-state index in [0.29, 0.717) is 16.9 Å². The number of hydrogen-bond acceptors (Lipinski definition) is 12. The van der Waals surface area contributed by atoms with Crippen LogP contribution in [0.2, 0.25) is 0 Å². The highest BCUT2D eigenvalue weighted by atomic mass is 32.2. The van der Waals surface area contributed by atoms with Gasteiger partial charge in [-0.15, -0.1) is 5.10 Å². The van der Waals surface area contributed by atoms with Crippen LogP contribution in [-0.2, 0) is 34.2 Å². The predicted molar refractivity (Wildman–Crippen MR) is 188 cm³/mol. The molecule has 0 saturated carbocycles. The van der Waals surface area contributed by atoms with Gasteiger partial charge in [-0.3, -0.25) is 4.79 Å². The number of benzene rings is 3. The number of hydrogen-bond donors (Lipinski definition) is 2. The third-order valence-corrected chi connectivity index (χ3v) is 9.07. The van der Waals surface area contributed by atoms with E-state index in [4.69, 9.17) is 18.8 Å². The summed E-state index contributed by atoms with van der Waals surface area (Å²) in [6, 6.07) is 19.1. The molecule has 0 radical (unpaired) electrons. The third-order valence-electron chi connectivity index (χ3n) is 7.51. The van der Waals surface area contributed by atoms with E-state index < -0.39 is 27.9 Å². The molecule has 0 fully saturated rings. The van der Waals surface area contributed by atoms with E-state index >= 15 is 0 Å². The van der Waals surface area contributed by atoms with Gasteiger partial charge in [0, 0.05) is 29.8 Å². The van der Waals surface area contributed by atoms with Crippen molar-refractivity contribution < 1.29 is 40.3 Å². The number of sulfone groups is 1. The van der Waals surface area contributed by atoms with Gasteiger partial charge >= 0.3 is 12.1 Å². The summed E-state index contributed by atoms with van der Waals surface area (Å²) in [5.74, 6) is -1.85. The highest BCUT2D eigenvalue weighted by Gasteiger charge is 2.30. The Hall–Kier alpha value is -5.52. The summed E-state index contributed by atoms with van der Waals surface area (Å²) in [4.78, 5) is 43.6. The second kappa shape index (κ2) is 15.6. The quantitative estimate of drug-likeness (QED) is 0.154. The van der Waals surface area contributed by atoms with Crippen LogP contribution in [0.3, 0.4) is 0 Å². The second-order valence-electron chi connectivity index (χ2n) is 11.6. The highest BCUT2D eigenvalue weighted by Crippen LogP contribution is 2.36. The molecule has 0 aliphatic carbocycles. The molecule has 3 N–H and O–H groups in total. The van der Waals surface area contributed by atoms with Gasteiger partial charge in [0.15, 0.2) is 15.5 Å². The SMILES string of the molecule is COc1cc(S(C)(=O)=O)ccc1N(C(=O)OSOC(=O)[C@@H](N)C(C)C)c1nc2ccc(-c3ccc(NC(=O)Cc4ccc(F)cc4)cc3)cn2n1. The summed E-state index contributed by atoms with van der Waals surface area (Å²) in [6.45, 7) is 3.46. The number of rotatable bonds is 12. The monoisotopic (exact) mass is 736 g/mol. The molecule has 0 aliphatic rings. The zero-order valence-electron chi connectivity index (χ0n) is 27.8. The van der Waals surface area contributed by atoms with Gasteiger partial charge in [0.1, 0.15) is 17.6 Å². The normalized spacial score (nSPS) is 12.0. The molecule has 0 unspecified atom stereocenters. The molecule has 14 nitrogen and oxygen atoms in total. The van der Waals surface area contributed by atoms with Crippen molar-refractivity contribution in [3.8, 4) is 16.9 Å². The summed E-state index contributed by atoms with van der Waals surface area (Å²) in [5.41, 5.74) is 8.92. The molecule has 3 aromatic carbocycles. The first-order valence-corrected chi connectivity index (χ1v) is 17.8. The van der Waals surface area contributed by atoms with Gasteiger partial charge in [-0.2, -0.15) is 4.98 Å². The zero-order chi connectivity index (χ0) is 36.9. The summed E-state index contributed by atoms with van der Waals surface area (Å²) < 4.78 is 54.6. The first-order chi connectivity index (χ1) is 24.2. The van der Waals surface area contributed by atoms with E-state index in [2.05, 4.69) is 15.4 Å².